The Morgan fingerprint density at radius 2 is 2.19 bits per heavy atom. The first-order chi connectivity index (χ1) is 7.54. The summed E-state index contributed by atoms with van der Waals surface area (Å²) in [7, 11) is 0. The van der Waals surface area contributed by atoms with Crippen LogP contribution in [0.15, 0.2) is 36.9 Å². The van der Waals surface area contributed by atoms with Gasteiger partial charge in [0.2, 0.25) is 0 Å². The molecule has 4 nitrogen and oxygen atoms in total. The summed E-state index contributed by atoms with van der Waals surface area (Å²) < 4.78 is 5.28. The Morgan fingerprint density at radius 3 is 2.69 bits per heavy atom. The van der Waals surface area contributed by atoms with E-state index < -0.39 is 12.1 Å². The lowest BCUT2D eigenvalue weighted by Gasteiger charge is -2.12. The third kappa shape index (κ3) is 2.95. The number of ketones is 1. The lowest BCUT2D eigenvalue weighted by atomic mass is 10.2. The molecule has 1 aromatic rings. The van der Waals surface area contributed by atoms with Crippen LogP contribution in [0.25, 0.3) is 0 Å². The van der Waals surface area contributed by atoms with Gasteiger partial charge >= 0.3 is 5.97 Å². The number of hydrogen-bond acceptors (Lipinski definition) is 3. The third-order valence-electron chi connectivity index (χ3n) is 1.96. The number of carboxylic acids is 1. The topological polar surface area (TPSA) is 63.6 Å². The summed E-state index contributed by atoms with van der Waals surface area (Å²) >= 11 is 0. The van der Waals surface area contributed by atoms with Crippen LogP contribution in [-0.2, 0) is 4.79 Å². The molecular weight excluding hydrogens is 208 g/mol. The molecular formula is C12H12O4. The molecule has 1 N–H and O–H groups in total. The highest BCUT2D eigenvalue weighted by molar-refractivity contribution is 5.88. The SMILES string of the molecule is C=C[C@H](Oc1cccc(C(=O)O)c1)C(C)=O. The van der Waals surface area contributed by atoms with Gasteiger partial charge in [-0.1, -0.05) is 12.6 Å². The molecule has 1 rings (SSSR count). The molecule has 16 heavy (non-hydrogen) atoms. The van der Waals surface area contributed by atoms with E-state index in [0.29, 0.717) is 5.75 Å². The lowest BCUT2D eigenvalue weighted by Crippen LogP contribution is -2.22. The minimum atomic E-state index is -1.04. The highest BCUT2D eigenvalue weighted by Crippen LogP contribution is 2.15. The molecule has 0 amide bonds. The smallest absolute Gasteiger partial charge is 0.335 e. The number of carbonyl (C=O) groups is 2. The zero-order valence-electron chi connectivity index (χ0n) is 8.84. The largest absolute Gasteiger partial charge is 0.479 e. The second-order valence-electron chi connectivity index (χ2n) is 3.22. The maximum atomic E-state index is 11.1. The van der Waals surface area contributed by atoms with Gasteiger partial charge in [-0.2, -0.15) is 0 Å². The Morgan fingerprint density at radius 1 is 1.50 bits per heavy atom. The van der Waals surface area contributed by atoms with Crippen LogP contribution in [0, 0.1) is 0 Å². The van der Waals surface area contributed by atoms with Crippen molar-refractivity contribution in [2.45, 2.75) is 13.0 Å². The third-order valence-corrected chi connectivity index (χ3v) is 1.96. The van der Waals surface area contributed by atoms with Crippen molar-refractivity contribution in [2.24, 2.45) is 0 Å². The summed E-state index contributed by atoms with van der Waals surface area (Å²) in [5.74, 6) is -0.890. The summed E-state index contributed by atoms with van der Waals surface area (Å²) in [4.78, 5) is 21.8. The Balaban J connectivity index is 2.88. The molecule has 1 atom stereocenters. The molecule has 0 radical (unpaired) electrons. The van der Waals surface area contributed by atoms with Gasteiger partial charge in [0.15, 0.2) is 11.9 Å². The number of hydrogen-bond donors (Lipinski definition) is 1. The zero-order valence-corrected chi connectivity index (χ0v) is 8.84. The first-order valence-electron chi connectivity index (χ1n) is 4.67. The fraction of sp³-hybridized carbons (Fsp3) is 0.167. The van der Waals surface area contributed by atoms with Crippen LogP contribution >= 0.6 is 0 Å². The molecule has 84 valence electrons. The van der Waals surface area contributed by atoms with Crippen molar-refractivity contribution >= 4 is 11.8 Å². The number of carboxylic acid groups (broad SMARTS) is 1. The number of benzene rings is 1. The summed E-state index contributed by atoms with van der Waals surface area (Å²) in [6, 6.07) is 5.96. The van der Waals surface area contributed by atoms with E-state index in [0.717, 1.165) is 0 Å². The van der Waals surface area contributed by atoms with Crippen molar-refractivity contribution in [3.8, 4) is 5.75 Å². The van der Waals surface area contributed by atoms with Gasteiger partial charge < -0.3 is 9.84 Å². The minimum absolute atomic E-state index is 0.115. The van der Waals surface area contributed by atoms with E-state index in [4.69, 9.17) is 9.84 Å². The molecule has 0 bridgehead atoms. The second-order valence-corrected chi connectivity index (χ2v) is 3.22. The monoisotopic (exact) mass is 220 g/mol. The lowest BCUT2D eigenvalue weighted by molar-refractivity contribution is -0.121. The van der Waals surface area contributed by atoms with E-state index in [1.165, 1.54) is 25.1 Å². The summed E-state index contributed by atoms with van der Waals surface area (Å²) in [5, 5.41) is 8.77. The standard InChI is InChI=1S/C12H12O4/c1-3-11(8(2)13)16-10-6-4-5-9(7-10)12(14)15/h3-7,11H,1H2,2H3,(H,14,15)/t11-/m0/s1. The molecule has 0 aliphatic heterocycles. The van der Waals surface area contributed by atoms with E-state index in [1.807, 2.05) is 0 Å². The number of carbonyl (C=O) groups excluding carboxylic acids is 1. The Hall–Kier alpha value is -2.10. The molecule has 0 saturated carbocycles. The highest BCUT2D eigenvalue weighted by atomic mass is 16.5. The predicted octanol–water partition coefficient (Wildman–Crippen LogP) is 1.91. The predicted molar refractivity (Wildman–Crippen MR) is 58.7 cm³/mol. The quantitative estimate of drug-likeness (QED) is 0.770. The maximum absolute atomic E-state index is 11.1. The highest BCUT2D eigenvalue weighted by Gasteiger charge is 2.12. The van der Waals surface area contributed by atoms with Crippen LogP contribution in [0.1, 0.15) is 17.3 Å². The zero-order chi connectivity index (χ0) is 12.1. The van der Waals surface area contributed by atoms with Crippen LogP contribution in [0.2, 0.25) is 0 Å². The minimum Gasteiger partial charge on any atom is -0.479 e. The van der Waals surface area contributed by atoms with Crippen molar-refractivity contribution in [1.29, 1.82) is 0 Å². The average molecular weight is 220 g/mol. The van der Waals surface area contributed by atoms with Crippen LogP contribution in [-0.4, -0.2) is 23.0 Å². The van der Waals surface area contributed by atoms with Gasteiger partial charge in [-0.3, -0.25) is 4.79 Å². The molecule has 0 aliphatic carbocycles. The number of Topliss-reactive ketones (excluding diaryl/α,β-unsaturated/α-hetero) is 1. The molecule has 0 saturated heterocycles. The van der Waals surface area contributed by atoms with E-state index >= 15 is 0 Å². The molecule has 1 aromatic carbocycles. The van der Waals surface area contributed by atoms with Gasteiger partial charge in [-0.05, 0) is 31.2 Å². The van der Waals surface area contributed by atoms with Crippen molar-refractivity contribution in [3.05, 3.63) is 42.5 Å². The van der Waals surface area contributed by atoms with E-state index in [-0.39, 0.29) is 11.3 Å². The van der Waals surface area contributed by atoms with E-state index in [2.05, 4.69) is 6.58 Å². The van der Waals surface area contributed by atoms with E-state index in [9.17, 15) is 9.59 Å². The van der Waals surface area contributed by atoms with Crippen LogP contribution in [0.5, 0.6) is 5.75 Å². The second kappa shape index (κ2) is 5.11. The number of ether oxygens (including phenoxy) is 1. The molecule has 4 heteroatoms. The van der Waals surface area contributed by atoms with Crippen LogP contribution in [0.3, 0.4) is 0 Å². The van der Waals surface area contributed by atoms with Gasteiger partial charge in [-0.15, -0.1) is 0 Å². The Labute approximate surface area is 93.2 Å². The van der Waals surface area contributed by atoms with Gasteiger partial charge in [0.1, 0.15) is 5.75 Å². The van der Waals surface area contributed by atoms with Gasteiger partial charge in [0.05, 0.1) is 5.56 Å². The molecule has 0 unspecified atom stereocenters. The van der Waals surface area contributed by atoms with Crippen LogP contribution in [0.4, 0.5) is 0 Å². The Bertz CT molecular complexity index is 423. The van der Waals surface area contributed by atoms with Crippen molar-refractivity contribution in [1.82, 2.24) is 0 Å². The average Bonchev–Trinajstić information content (AvgIpc) is 2.25. The summed E-state index contributed by atoms with van der Waals surface area (Å²) in [6.07, 6.45) is 0.625. The van der Waals surface area contributed by atoms with Crippen molar-refractivity contribution in [2.75, 3.05) is 0 Å². The van der Waals surface area contributed by atoms with Crippen molar-refractivity contribution < 1.29 is 19.4 Å². The van der Waals surface area contributed by atoms with Gasteiger partial charge in [0, 0.05) is 0 Å². The Kier molecular flexibility index (Phi) is 3.83. The first kappa shape index (κ1) is 12.0. The normalized spacial score (nSPS) is 11.6. The number of rotatable bonds is 5. The summed E-state index contributed by atoms with van der Waals surface area (Å²) in [6.45, 7) is 4.86. The van der Waals surface area contributed by atoms with Crippen molar-refractivity contribution in [3.63, 3.8) is 0 Å². The van der Waals surface area contributed by atoms with Gasteiger partial charge in [0.25, 0.3) is 0 Å². The van der Waals surface area contributed by atoms with Crippen LogP contribution < -0.4 is 4.74 Å². The molecule has 0 aliphatic rings. The number of aromatic carboxylic acids is 1. The molecule has 0 aromatic heterocycles. The van der Waals surface area contributed by atoms with E-state index in [1.54, 1.807) is 12.1 Å². The molecule has 0 heterocycles. The molecule has 0 fully saturated rings. The molecule has 0 spiro atoms. The maximum Gasteiger partial charge on any atom is 0.335 e. The van der Waals surface area contributed by atoms with Gasteiger partial charge in [-0.25, -0.2) is 4.79 Å². The summed E-state index contributed by atoms with van der Waals surface area (Å²) in [5.41, 5.74) is 0.115. The fourth-order valence-corrected chi connectivity index (χ4v) is 1.15. The first-order valence-corrected chi connectivity index (χ1v) is 4.67. The fourth-order valence-electron chi connectivity index (χ4n) is 1.15.